The molecule has 0 fully saturated rings. The molecule has 71 valence electrons. The lowest BCUT2D eigenvalue weighted by Gasteiger charge is -2.00. The number of aryl methyl sites for hydroxylation is 1. The van der Waals surface area contributed by atoms with E-state index in [2.05, 4.69) is 0 Å². The molecular weight excluding hydrogens is 164 g/mol. The van der Waals surface area contributed by atoms with Gasteiger partial charge in [-0.3, -0.25) is 0 Å². The van der Waals surface area contributed by atoms with Crippen LogP contribution in [0.5, 0.6) is 5.75 Å². The van der Waals surface area contributed by atoms with E-state index >= 15 is 0 Å². The summed E-state index contributed by atoms with van der Waals surface area (Å²) in [5.41, 5.74) is 1.23. The molecule has 1 N–H and O–H groups in total. The minimum atomic E-state index is 0.0373. The number of hydrogen-bond acceptors (Lipinski definition) is 1. The molecule has 0 aliphatic carbocycles. The summed E-state index contributed by atoms with van der Waals surface area (Å²) in [4.78, 5) is 0. The molecule has 0 aromatic heterocycles. The van der Waals surface area contributed by atoms with E-state index < -0.39 is 0 Å². The fourth-order valence-corrected chi connectivity index (χ4v) is 1.27. The summed E-state index contributed by atoms with van der Waals surface area (Å²) < 4.78 is 0. The molecular formula is C11H15O2. The highest BCUT2D eigenvalue weighted by Gasteiger charge is 1.93. The molecule has 0 bridgehead atoms. The third kappa shape index (κ3) is 3.95. The zero-order chi connectivity index (χ0) is 9.52. The predicted octanol–water partition coefficient (Wildman–Crippen LogP) is 2.54. The summed E-state index contributed by atoms with van der Waals surface area (Å²) in [5.74, 6) is 0.309. The second kappa shape index (κ2) is 5.60. The van der Waals surface area contributed by atoms with E-state index in [0.717, 1.165) is 25.7 Å². The Morgan fingerprint density at radius 1 is 1.00 bits per heavy atom. The van der Waals surface area contributed by atoms with Gasteiger partial charge in [-0.05, 0) is 37.0 Å². The summed E-state index contributed by atoms with van der Waals surface area (Å²) in [6.45, 7) is 0.0373. The second-order valence-corrected chi connectivity index (χ2v) is 3.18. The number of phenolic OH excluding ortho intramolecular Hbond substituents is 1. The van der Waals surface area contributed by atoms with Crippen LogP contribution in [0.15, 0.2) is 24.3 Å². The molecule has 0 aliphatic rings. The average Bonchev–Trinajstić information content (AvgIpc) is 2.15. The first-order chi connectivity index (χ1) is 6.33. The monoisotopic (exact) mass is 179 g/mol. The van der Waals surface area contributed by atoms with Gasteiger partial charge in [0, 0.05) is 0 Å². The minimum absolute atomic E-state index is 0.0373. The Hall–Kier alpha value is -1.02. The van der Waals surface area contributed by atoms with Crippen LogP contribution in [0.2, 0.25) is 0 Å². The van der Waals surface area contributed by atoms with Crippen LogP contribution in [0.4, 0.5) is 0 Å². The van der Waals surface area contributed by atoms with Crippen molar-refractivity contribution in [3.63, 3.8) is 0 Å². The van der Waals surface area contributed by atoms with Gasteiger partial charge in [-0.2, -0.15) is 0 Å². The maximum atomic E-state index is 10.2. The fraction of sp³-hybridized carbons (Fsp3) is 0.455. The average molecular weight is 179 g/mol. The Kier molecular flexibility index (Phi) is 4.33. The zero-order valence-corrected chi connectivity index (χ0v) is 7.70. The summed E-state index contributed by atoms with van der Waals surface area (Å²) in [6, 6.07) is 7.24. The Balaban J connectivity index is 2.25. The highest BCUT2D eigenvalue weighted by molar-refractivity contribution is 5.25. The molecule has 1 aromatic carbocycles. The molecule has 2 nitrogen and oxygen atoms in total. The molecule has 1 aromatic rings. The third-order valence-electron chi connectivity index (χ3n) is 2.05. The van der Waals surface area contributed by atoms with Crippen LogP contribution in [0.3, 0.4) is 0 Å². The molecule has 0 saturated carbocycles. The van der Waals surface area contributed by atoms with Crippen molar-refractivity contribution in [2.75, 3.05) is 6.61 Å². The van der Waals surface area contributed by atoms with Crippen LogP contribution in [-0.2, 0) is 11.5 Å². The van der Waals surface area contributed by atoms with E-state index in [1.165, 1.54) is 5.56 Å². The van der Waals surface area contributed by atoms with Crippen molar-refractivity contribution in [3.05, 3.63) is 29.8 Å². The number of phenols is 1. The maximum absolute atomic E-state index is 10.2. The van der Waals surface area contributed by atoms with Crippen LogP contribution in [0.1, 0.15) is 24.8 Å². The summed E-state index contributed by atoms with van der Waals surface area (Å²) in [6.07, 6.45) is 3.84. The first-order valence-corrected chi connectivity index (χ1v) is 4.69. The topological polar surface area (TPSA) is 40.1 Å². The van der Waals surface area contributed by atoms with Crippen LogP contribution >= 0.6 is 0 Å². The molecule has 13 heavy (non-hydrogen) atoms. The standard InChI is InChI=1S/C11H15O2/c12-9-3-1-2-4-10-5-7-11(13)8-6-10/h5-8,13H,1-4,9H2. The lowest BCUT2D eigenvalue weighted by Crippen LogP contribution is -1.86. The van der Waals surface area contributed by atoms with E-state index in [9.17, 15) is 5.11 Å². The van der Waals surface area contributed by atoms with E-state index in [4.69, 9.17) is 5.11 Å². The van der Waals surface area contributed by atoms with Crippen LogP contribution in [0, 0.1) is 0 Å². The van der Waals surface area contributed by atoms with Crippen molar-refractivity contribution in [1.82, 2.24) is 0 Å². The molecule has 0 atom stereocenters. The number of aromatic hydroxyl groups is 1. The lowest BCUT2D eigenvalue weighted by atomic mass is 10.1. The Bertz CT molecular complexity index is 228. The Labute approximate surface area is 78.8 Å². The predicted molar refractivity (Wildman–Crippen MR) is 51.2 cm³/mol. The van der Waals surface area contributed by atoms with E-state index in [-0.39, 0.29) is 6.61 Å². The molecule has 0 heterocycles. The summed E-state index contributed by atoms with van der Waals surface area (Å²) >= 11 is 0. The second-order valence-electron chi connectivity index (χ2n) is 3.18. The van der Waals surface area contributed by atoms with E-state index in [1.807, 2.05) is 12.1 Å². The number of unbranched alkanes of at least 4 members (excludes halogenated alkanes) is 2. The Morgan fingerprint density at radius 3 is 2.31 bits per heavy atom. The molecule has 2 heteroatoms. The van der Waals surface area contributed by atoms with Gasteiger partial charge in [-0.15, -0.1) is 0 Å². The van der Waals surface area contributed by atoms with E-state index in [0.29, 0.717) is 5.75 Å². The molecule has 0 unspecified atom stereocenters. The van der Waals surface area contributed by atoms with Gasteiger partial charge >= 0.3 is 0 Å². The minimum Gasteiger partial charge on any atom is -0.508 e. The van der Waals surface area contributed by atoms with E-state index in [1.54, 1.807) is 12.1 Å². The summed E-state index contributed by atoms with van der Waals surface area (Å²) in [5, 5.41) is 19.2. The molecule has 0 aliphatic heterocycles. The SMILES string of the molecule is [O]CCCCCc1ccc(O)cc1. The quantitative estimate of drug-likeness (QED) is 0.693. The maximum Gasteiger partial charge on any atom is 0.115 e. The van der Waals surface area contributed by atoms with Gasteiger partial charge in [0.2, 0.25) is 0 Å². The first-order valence-electron chi connectivity index (χ1n) is 4.69. The number of benzene rings is 1. The van der Waals surface area contributed by atoms with Crippen LogP contribution in [-0.4, -0.2) is 11.7 Å². The normalized spacial score (nSPS) is 10.2. The van der Waals surface area contributed by atoms with Crippen molar-refractivity contribution in [2.24, 2.45) is 0 Å². The highest BCUT2D eigenvalue weighted by Crippen LogP contribution is 2.12. The number of rotatable bonds is 5. The van der Waals surface area contributed by atoms with Crippen molar-refractivity contribution < 1.29 is 10.2 Å². The Morgan fingerprint density at radius 2 is 1.69 bits per heavy atom. The van der Waals surface area contributed by atoms with Crippen molar-refractivity contribution in [3.8, 4) is 5.75 Å². The van der Waals surface area contributed by atoms with Gasteiger partial charge in [-0.1, -0.05) is 18.6 Å². The third-order valence-corrected chi connectivity index (χ3v) is 2.05. The number of hydrogen-bond donors (Lipinski definition) is 1. The van der Waals surface area contributed by atoms with Gasteiger partial charge in [0.1, 0.15) is 5.75 Å². The van der Waals surface area contributed by atoms with Gasteiger partial charge in [0.25, 0.3) is 0 Å². The fourth-order valence-electron chi connectivity index (χ4n) is 1.27. The molecule has 0 saturated heterocycles. The van der Waals surface area contributed by atoms with Gasteiger partial charge in [0.05, 0.1) is 6.61 Å². The largest absolute Gasteiger partial charge is 0.508 e. The van der Waals surface area contributed by atoms with Crippen molar-refractivity contribution >= 4 is 0 Å². The van der Waals surface area contributed by atoms with Gasteiger partial charge in [-0.25, -0.2) is 5.11 Å². The van der Waals surface area contributed by atoms with Crippen LogP contribution < -0.4 is 0 Å². The van der Waals surface area contributed by atoms with Crippen LogP contribution in [0.25, 0.3) is 0 Å². The van der Waals surface area contributed by atoms with Crippen molar-refractivity contribution in [2.45, 2.75) is 25.7 Å². The van der Waals surface area contributed by atoms with Gasteiger partial charge in [0.15, 0.2) is 0 Å². The molecule has 1 radical (unpaired) electrons. The zero-order valence-electron chi connectivity index (χ0n) is 7.70. The molecule has 0 spiro atoms. The smallest absolute Gasteiger partial charge is 0.115 e. The molecule has 0 amide bonds. The lowest BCUT2D eigenvalue weighted by molar-refractivity contribution is 0.186. The highest BCUT2D eigenvalue weighted by atomic mass is 16.3. The van der Waals surface area contributed by atoms with Gasteiger partial charge < -0.3 is 5.11 Å². The first kappa shape index (κ1) is 10.1. The summed E-state index contributed by atoms with van der Waals surface area (Å²) in [7, 11) is 0. The van der Waals surface area contributed by atoms with Crippen molar-refractivity contribution in [1.29, 1.82) is 0 Å². The molecule has 1 rings (SSSR count).